The first kappa shape index (κ1) is 15.4. The van der Waals surface area contributed by atoms with E-state index in [-0.39, 0.29) is 5.91 Å². The lowest BCUT2D eigenvalue weighted by Crippen LogP contribution is -2.38. The van der Waals surface area contributed by atoms with Gasteiger partial charge in [0.25, 0.3) is 5.91 Å². The first-order chi connectivity index (χ1) is 10.5. The quantitative estimate of drug-likeness (QED) is 0.808. The Morgan fingerprint density at radius 1 is 1.27 bits per heavy atom. The lowest BCUT2D eigenvalue weighted by atomic mass is 9.99. The first-order valence-electron chi connectivity index (χ1n) is 7.26. The molecule has 0 aliphatic carbocycles. The summed E-state index contributed by atoms with van der Waals surface area (Å²) in [6, 6.07) is 6.74. The van der Waals surface area contributed by atoms with Gasteiger partial charge < -0.3 is 9.42 Å². The molecule has 1 aromatic carbocycles. The van der Waals surface area contributed by atoms with Crippen LogP contribution in [0, 0.1) is 5.92 Å². The average molecular weight is 339 g/mol. The number of amides is 1. The molecular formula is C16H16Cl2N2O2. The van der Waals surface area contributed by atoms with Crippen LogP contribution in [0.2, 0.25) is 10.0 Å². The summed E-state index contributed by atoms with van der Waals surface area (Å²) in [5, 5.41) is 4.91. The largest absolute Gasteiger partial charge is 0.355 e. The summed E-state index contributed by atoms with van der Waals surface area (Å²) in [7, 11) is 0. The lowest BCUT2D eigenvalue weighted by Gasteiger charge is -2.29. The molecule has 2 aromatic rings. The Labute approximate surface area is 139 Å². The van der Waals surface area contributed by atoms with E-state index in [1.54, 1.807) is 24.3 Å². The Kier molecular flexibility index (Phi) is 4.41. The predicted octanol–water partition coefficient (Wildman–Crippen LogP) is 4.52. The number of carbonyl (C=O) groups excluding carboxylic acids is 1. The van der Waals surface area contributed by atoms with E-state index in [1.165, 1.54) is 0 Å². The Morgan fingerprint density at radius 2 is 2.00 bits per heavy atom. The Balaban J connectivity index is 1.80. The van der Waals surface area contributed by atoms with Gasteiger partial charge in [-0.1, -0.05) is 35.3 Å². The van der Waals surface area contributed by atoms with Crippen molar-refractivity contribution >= 4 is 29.1 Å². The van der Waals surface area contributed by atoms with Crippen molar-refractivity contribution in [3.8, 4) is 11.3 Å². The maximum Gasteiger partial charge on any atom is 0.276 e. The minimum atomic E-state index is -0.0908. The van der Waals surface area contributed by atoms with Gasteiger partial charge in [0, 0.05) is 29.7 Å². The molecule has 0 bridgehead atoms. The van der Waals surface area contributed by atoms with Crippen LogP contribution in [-0.2, 0) is 0 Å². The van der Waals surface area contributed by atoms with E-state index in [9.17, 15) is 4.79 Å². The second-order valence-corrected chi connectivity index (χ2v) is 6.52. The number of carbonyl (C=O) groups is 1. The van der Waals surface area contributed by atoms with Crippen LogP contribution in [0.15, 0.2) is 28.8 Å². The molecule has 1 aromatic heterocycles. The molecule has 1 aliphatic heterocycles. The van der Waals surface area contributed by atoms with Crippen LogP contribution in [0.1, 0.15) is 30.3 Å². The smallest absolute Gasteiger partial charge is 0.276 e. The van der Waals surface area contributed by atoms with Gasteiger partial charge in [-0.15, -0.1) is 0 Å². The maximum absolute atomic E-state index is 12.4. The van der Waals surface area contributed by atoms with Crippen LogP contribution in [-0.4, -0.2) is 29.1 Å². The fourth-order valence-electron chi connectivity index (χ4n) is 2.57. The van der Waals surface area contributed by atoms with E-state index >= 15 is 0 Å². The van der Waals surface area contributed by atoms with Crippen LogP contribution >= 0.6 is 23.2 Å². The number of hydrogen-bond donors (Lipinski definition) is 0. The molecule has 1 amide bonds. The van der Waals surface area contributed by atoms with Crippen molar-refractivity contribution in [1.82, 2.24) is 10.1 Å². The van der Waals surface area contributed by atoms with E-state index in [4.69, 9.17) is 27.7 Å². The minimum Gasteiger partial charge on any atom is -0.355 e. The highest BCUT2D eigenvalue weighted by atomic mass is 35.5. The molecule has 22 heavy (non-hydrogen) atoms. The van der Waals surface area contributed by atoms with Gasteiger partial charge in [0.2, 0.25) is 0 Å². The van der Waals surface area contributed by atoms with Crippen LogP contribution in [0.4, 0.5) is 0 Å². The molecule has 116 valence electrons. The van der Waals surface area contributed by atoms with Crippen LogP contribution < -0.4 is 0 Å². The molecule has 4 nitrogen and oxygen atoms in total. The van der Waals surface area contributed by atoms with Crippen molar-refractivity contribution in [3.63, 3.8) is 0 Å². The van der Waals surface area contributed by atoms with Crippen LogP contribution in [0.25, 0.3) is 11.3 Å². The fraction of sp³-hybridized carbons (Fsp3) is 0.375. The summed E-state index contributed by atoms with van der Waals surface area (Å²) in [4.78, 5) is 14.3. The summed E-state index contributed by atoms with van der Waals surface area (Å²) in [6.45, 7) is 3.74. The predicted molar refractivity (Wildman–Crippen MR) is 86.3 cm³/mol. The van der Waals surface area contributed by atoms with Gasteiger partial charge in [0.15, 0.2) is 11.5 Å². The monoisotopic (exact) mass is 338 g/mol. The van der Waals surface area contributed by atoms with Crippen LogP contribution in [0.5, 0.6) is 0 Å². The highest BCUT2D eigenvalue weighted by Gasteiger charge is 2.24. The number of likely N-dealkylation sites (tertiary alicyclic amines) is 1. The maximum atomic E-state index is 12.4. The highest BCUT2D eigenvalue weighted by Crippen LogP contribution is 2.31. The number of piperidine rings is 1. The van der Waals surface area contributed by atoms with E-state index in [0.717, 1.165) is 25.9 Å². The fourth-order valence-corrected chi connectivity index (χ4v) is 3.07. The van der Waals surface area contributed by atoms with Crippen molar-refractivity contribution in [2.75, 3.05) is 13.1 Å². The van der Waals surface area contributed by atoms with Crippen molar-refractivity contribution in [2.45, 2.75) is 19.8 Å². The van der Waals surface area contributed by atoms with Crippen molar-refractivity contribution in [3.05, 3.63) is 40.0 Å². The zero-order valence-electron chi connectivity index (χ0n) is 12.2. The molecule has 0 radical (unpaired) electrons. The van der Waals surface area contributed by atoms with E-state index < -0.39 is 0 Å². The number of nitrogens with zero attached hydrogens (tertiary/aromatic N) is 2. The number of halogens is 2. The van der Waals surface area contributed by atoms with Gasteiger partial charge >= 0.3 is 0 Å². The summed E-state index contributed by atoms with van der Waals surface area (Å²) < 4.78 is 5.28. The zero-order chi connectivity index (χ0) is 15.7. The Bertz CT molecular complexity index is 691. The Hall–Kier alpha value is -1.52. The molecule has 1 saturated heterocycles. The molecular weight excluding hydrogens is 323 g/mol. The highest BCUT2D eigenvalue weighted by molar-refractivity contribution is 6.36. The van der Waals surface area contributed by atoms with Gasteiger partial charge in [-0.2, -0.15) is 0 Å². The summed E-state index contributed by atoms with van der Waals surface area (Å²) in [5.41, 5.74) is 0.987. The van der Waals surface area contributed by atoms with Gasteiger partial charge in [0.05, 0.1) is 5.02 Å². The second-order valence-electron chi connectivity index (χ2n) is 5.68. The summed E-state index contributed by atoms with van der Waals surface area (Å²) >= 11 is 12.0. The molecule has 6 heteroatoms. The third-order valence-corrected chi connectivity index (χ3v) is 4.54. The Morgan fingerprint density at radius 3 is 2.68 bits per heavy atom. The van der Waals surface area contributed by atoms with Crippen molar-refractivity contribution < 1.29 is 9.32 Å². The number of hydrogen-bond acceptors (Lipinski definition) is 3. The van der Waals surface area contributed by atoms with Crippen molar-refractivity contribution in [2.24, 2.45) is 5.92 Å². The van der Waals surface area contributed by atoms with E-state index in [1.807, 2.05) is 4.90 Å². The van der Waals surface area contributed by atoms with E-state index in [2.05, 4.69) is 12.1 Å². The lowest BCUT2D eigenvalue weighted by molar-refractivity contribution is 0.0687. The van der Waals surface area contributed by atoms with Gasteiger partial charge in [0.1, 0.15) is 0 Å². The average Bonchev–Trinajstić information content (AvgIpc) is 2.97. The summed E-state index contributed by atoms with van der Waals surface area (Å²) in [6.07, 6.45) is 2.05. The molecule has 2 heterocycles. The zero-order valence-corrected chi connectivity index (χ0v) is 13.7. The van der Waals surface area contributed by atoms with Crippen molar-refractivity contribution in [1.29, 1.82) is 0 Å². The third-order valence-electron chi connectivity index (χ3n) is 4.00. The molecule has 0 atom stereocenters. The second kappa shape index (κ2) is 6.31. The molecule has 1 fully saturated rings. The van der Waals surface area contributed by atoms with Gasteiger partial charge in [-0.05, 0) is 37.0 Å². The minimum absolute atomic E-state index is 0.0908. The molecule has 1 aliphatic rings. The number of rotatable bonds is 2. The standard InChI is InChI=1S/C16H16Cl2N2O2/c1-10-4-6-20(7-5-10)16(21)14-9-15(22-19-14)12-3-2-11(17)8-13(12)18/h2-3,8-10H,4-7H2,1H3. The van der Waals surface area contributed by atoms with Crippen LogP contribution in [0.3, 0.4) is 0 Å². The normalized spacial score (nSPS) is 16.0. The molecule has 0 N–H and O–H groups in total. The molecule has 3 rings (SSSR count). The number of aromatic nitrogens is 1. The van der Waals surface area contributed by atoms with E-state index in [0.29, 0.717) is 33.0 Å². The molecule has 0 unspecified atom stereocenters. The first-order valence-corrected chi connectivity index (χ1v) is 8.01. The summed E-state index contributed by atoms with van der Waals surface area (Å²) in [5.74, 6) is 1.05. The topological polar surface area (TPSA) is 46.3 Å². The SMILES string of the molecule is CC1CCN(C(=O)c2cc(-c3ccc(Cl)cc3Cl)on2)CC1. The molecule has 0 spiro atoms. The number of benzene rings is 1. The third kappa shape index (κ3) is 3.13. The van der Waals surface area contributed by atoms with Gasteiger partial charge in [-0.25, -0.2) is 0 Å². The van der Waals surface area contributed by atoms with Gasteiger partial charge in [-0.3, -0.25) is 4.79 Å². The molecule has 0 saturated carbocycles.